The van der Waals surface area contributed by atoms with E-state index < -0.39 is 15.8 Å². The molecule has 1 aliphatic carbocycles. The van der Waals surface area contributed by atoms with E-state index in [4.69, 9.17) is 16.3 Å². The molecular weight excluding hydrogens is 378 g/mol. The van der Waals surface area contributed by atoms with E-state index in [0.29, 0.717) is 6.61 Å². The van der Waals surface area contributed by atoms with Crippen molar-refractivity contribution in [2.75, 3.05) is 23.7 Å². The first-order valence-corrected chi connectivity index (χ1v) is 10.6. The average Bonchev–Trinajstić information content (AvgIpc) is 3.40. The number of anilines is 1. The largest absolute Gasteiger partial charge is 0.501 e. The van der Waals surface area contributed by atoms with Gasteiger partial charge in [-0.1, -0.05) is 17.7 Å². The van der Waals surface area contributed by atoms with Gasteiger partial charge in [-0.3, -0.25) is 13.9 Å². The second-order valence-corrected chi connectivity index (χ2v) is 8.33. The molecule has 0 heterocycles. The lowest BCUT2D eigenvalue weighted by Gasteiger charge is -2.24. The number of benzene rings is 1. The molecule has 8 heteroatoms. The quantitative estimate of drug-likeness (QED) is 0.209. The van der Waals surface area contributed by atoms with Gasteiger partial charge in [0.2, 0.25) is 15.8 Å². The Bertz CT molecular complexity index is 843. The Hall–Kier alpha value is -1.86. The number of Topliss-reactive ketones (excluding diaryl/α,β-unsaturated/α-hetero) is 2. The van der Waals surface area contributed by atoms with Gasteiger partial charge in [-0.25, -0.2) is 8.42 Å². The fourth-order valence-corrected chi connectivity index (χ4v) is 3.94. The van der Waals surface area contributed by atoms with E-state index in [9.17, 15) is 18.0 Å². The lowest BCUT2D eigenvalue weighted by Crippen LogP contribution is -2.31. The molecule has 0 atom stereocenters. The van der Waals surface area contributed by atoms with Gasteiger partial charge in [-0.05, 0) is 38.8 Å². The van der Waals surface area contributed by atoms with Crippen molar-refractivity contribution in [2.24, 2.45) is 5.92 Å². The van der Waals surface area contributed by atoms with Crippen LogP contribution in [0.4, 0.5) is 5.69 Å². The summed E-state index contributed by atoms with van der Waals surface area (Å²) in [5.41, 5.74) is 0.0577. The summed E-state index contributed by atoms with van der Waals surface area (Å²) >= 11 is 6.22. The van der Waals surface area contributed by atoms with Crippen LogP contribution in [0.25, 0.3) is 0 Å². The van der Waals surface area contributed by atoms with Crippen molar-refractivity contribution < 1.29 is 22.7 Å². The van der Waals surface area contributed by atoms with Crippen LogP contribution in [0.15, 0.2) is 30.0 Å². The van der Waals surface area contributed by atoms with Gasteiger partial charge in [0.1, 0.15) is 5.57 Å². The van der Waals surface area contributed by atoms with Gasteiger partial charge >= 0.3 is 0 Å². The number of rotatable bonds is 9. The van der Waals surface area contributed by atoms with Crippen LogP contribution in [0.1, 0.15) is 37.0 Å². The molecule has 26 heavy (non-hydrogen) atoms. The van der Waals surface area contributed by atoms with Gasteiger partial charge < -0.3 is 4.74 Å². The minimum absolute atomic E-state index is 0.0599. The first-order valence-electron chi connectivity index (χ1n) is 8.39. The zero-order valence-electron chi connectivity index (χ0n) is 15.0. The van der Waals surface area contributed by atoms with Gasteiger partial charge in [-0.15, -0.1) is 0 Å². The molecule has 0 spiro atoms. The summed E-state index contributed by atoms with van der Waals surface area (Å²) in [6.45, 7) is 3.80. The van der Waals surface area contributed by atoms with Crippen molar-refractivity contribution in [1.82, 2.24) is 0 Å². The lowest BCUT2D eigenvalue weighted by atomic mass is 9.97. The number of sulfonamides is 1. The molecule has 1 fully saturated rings. The van der Waals surface area contributed by atoms with Crippen molar-refractivity contribution in [3.05, 3.63) is 40.6 Å². The van der Waals surface area contributed by atoms with Gasteiger partial charge in [0.25, 0.3) is 0 Å². The zero-order valence-corrected chi connectivity index (χ0v) is 16.6. The Labute approximate surface area is 158 Å². The van der Waals surface area contributed by atoms with Crippen LogP contribution >= 0.6 is 11.6 Å². The average molecular weight is 400 g/mol. The molecule has 0 unspecified atom stereocenters. The van der Waals surface area contributed by atoms with Gasteiger partial charge in [0.15, 0.2) is 5.78 Å². The van der Waals surface area contributed by atoms with E-state index in [0.717, 1.165) is 23.4 Å². The molecule has 2 rings (SSSR count). The maximum absolute atomic E-state index is 13.1. The van der Waals surface area contributed by atoms with Crippen molar-refractivity contribution >= 4 is 38.9 Å². The first-order chi connectivity index (χ1) is 12.2. The fourth-order valence-electron chi connectivity index (χ4n) is 2.61. The second kappa shape index (κ2) is 8.22. The SMILES string of the molecule is CCOC=C(C(=O)c1cccc(Cl)c1N(CC)S(C)(=O)=O)C(=O)C1CC1. The first kappa shape index (κ1) is 20.5. The number of halogens is 1. The number of hydrogen-bond donors (Lipinski definition) is 0. The third kappa shape index (κ3) is 4.45. The molecule has 0 amide bonds. The Kier molecular flexibility index (Phi) is 6.47. The highest BCUT2D eigenvalue weighted by molar-refractivity contribution is 7.92. The smallest absolute Gasteiger partial charge is 0.232 e. The van der Waals surface area contributed by atoms with E-state index in [-0.39, 0.29) is 40.1 Å². The topological polar surface area (TPSA) is 80.8 Å². The molecular formula is C18H22ClNO5S. The molecule has 1 aromatic rings. The van der Waals surface area contributed by atoms with Gasteiger partial charge in [0.05, 0.1) is 29.8 Å². The van der Waals surface area contributed by atoms with Crippen LogP contribution in [0.5, 0.6) is 0 Å². The Morgan fingerprint density at radius 2 is 1.96 bits per heavy atom. The Morgan fingerprint density at radius 3 is 2.46 bits per heavy atom. The third-order valence-corrected chi connectivity index (χ3v) is 5.54. The molecule has 0 aliphatic heterocycles. The van der Waals surface area contributed by atoms with E-state index in [1.165, 1.54) is 18.4 Å². The summed E-state index contributed by atoms with van der Waals surface area (Å²) in [4.78, 5) is 25.6. The molecule has 1 aromatic carbocycles. The van der Waals surface area contributed by atoms with Crippen molar-refractivity contribution in [1.29, 1.82) is 0 Å². The number of carbonyl (C=O) groups is 2. The van der Waals surface area contributed by atoms with Crippen molar-refractivity contribution in [3.63, 3.8) is 0 Å². The molecule has 0 N–H and O–H groups in total. The number of nitrogens with zero attached hydrogens (tertiary/aromatic N) is 1. The maximum Gasteiger partial charge on any atom is 0.232 e. The minimum atomic E-state index is -3.65. The number of carbonyl (C=O) groups excluding carboxylic acids is 2. The number of para-hydroxylation sites is 1. The number of hydrogen-bond acceptors (Lipinski definition) is 5. The molecule has 0 radical (unpaired) electrons. The summed E-state index contributed by atoms with van der Waals surface area (Å²) in [6.07, 6.45) is 3.69. The van der Waals surface area contributed by atoms with Crippen molar-refractivity contribution in [3.8, 4) is 0 Å². The second-order valence-electron chi connectivity index (χ2n) is 6.02. The summed E-state index contributed by atoms with van der Waals surface area (Å²) in [6, 6.07) is 4.53. The van der Waals surface area contributed by atoms with E-state index in [2.05, 4.69) is 0 Å². The molecule has 1 saturated carbocycles. The highest BCUT2D eigenvalue weighted by atomic mass is 35.5. The van der Waals surface area contributed by atoms with E-state index >= 15 is 0 Å². The van der Waals surface area contributed by atoms with Crippen LogP contribution in [0.2, 0.25) is 5.02 Å². The predicted molar refractivity (Wildman–Crippen MR) is 101 cm³/mol. The van der Waals surface area contributed by atoms with Gasteiger partial charge in [-0.2, -0.15) is 0 Å². The highest BCUT2D eigenvalue weighted by Crippen LogP contribution is 2.36. The predicted octanol–water partition coefficient (Wildman–Crippen LogP) is 3.21. The van der Waals surface area contributed by atoms with E-state index in [1.807, 2.05) is 0 Å². The third-order valence-electron chi connectivity index (χ3n) is 3.99. The van der Waals surface area contributed by atoms with Gasteiger partial charge in [0, 0.05) is 18.0 Å². The molecule has 0 bridgehead atoms. The zero-order chi connectivity index (χ0) is 19.5. The molecule has 6 nitrogen and oxygen atoms in total. The summed E-state index contributed by atoms with van der Waals surface area (Å²) in [5, 5.41) is 0.123. The maximum atomic E-state index is 13.1. The van der Waals surface area contributed by atoms with E-state index in [1.54, 1.807) is 19.9 Å². The van der Waals surface area contributed by atoms with Crippen LogP contribution in [0.3, 0.4) is 0 Å². The summed E-state index contributed by atoms with van der Waals surface area (Å²) < 4.78 is 30.5. The van der Waals surface area contributed by atoms with Crippen LogP contribution in [0, 0.1) is 5.92 Å². The van der Waals surface area contributed by atoms with Crippen LogP contribution in [-0.2, 0) is 19.6 Å². The fraction of sp³-hybridized carbons (Fsp3) is 0.444. The number of ether oxygens (including phenoxy) is 1. The lowest BCUT2D eigenvalue weighted by molar-refractivity contribution is -0.116. The molecule has 0 saturated heterocycles. The normalized spacial score (nSPS) is 14.8. The summed E-state index contributed by atoms with van der Waals surface area (Å²) in [5.74, 6) is -1.04. The van der Waals surface area contributed by atoms with Crippen molar-refractivity contribution in [2.45, 2.75) is 26.7 Å². The summed E-state index contributed by atoms with van der Waals surface area (Å²) in [7, 11) is -3.65. The highest BCUT2D eigenvalue weighted by Gasteiger charge is 2.36. The number of allylic oxidation sites excluding steroid dienone is 1. The van der Waals surface area contributed by atoms with Crippen LogP contribution in [-0.4, -0.2) is 39.4 Å². The Balaban J connectivity index is 2.57. The molecule has 1 aliphatic rings. The Morgan fingerprint density at radius 1 is 1.31 bits per heavy atom. The monoisotopic (exact) mass is 399 g/mol. The number of ketones is 2. The minimum Gasteiger partial charge on any atom is -0.501 e. The standard InChI is InChI=1S/C18H22ClNO5S/c1-4-20(26(3,23)24)16-13(7-6-8-15(16)19)18(22)14(11-25-5-2)17(21)12-9-10-12/h6-8,11-12H,4-5,9-10H2,1-3H3. The molecule has 0 aromatic heterocycles. The molecule has 142 valence electrons. The van der Waals surface area contributed by atoms with Crippen LogP contribution < -0.4 is 4.31 Å².